The number of benzene rings is 1. The number of fused-ring (bicyclic) bond motifs is 1. The second kappa shape index (κ2) is 7.23. The van der Waals surface area contributed by atoms with E-state index in [1.54, 1.807) is 6.20 Å². The minimum absolute atomic E-state index is 0.0391. The number of hydrogen-bond donors (Lipinski definition) is 0. The molecule has 1 amide bonds. The molecule has 1 aromatic heterocycles. The van der Waals surface area contributed by atoms with Gasteiger partial charge in [0.1, 0.15) is 5.75 Å². The lowest BCUT2D eigenvalue weighted by Gasteiger charge is -2.27. The molecule has 0 N–H and O–H groups in total. The number of hydrogen-bond acceptors (Lipinski definition) is 4. The average Bonchev–Trinajstić information content (AvgIpc) is 2.69. The first-order valence-corrected chi connectivity index (χ1v) is 8.82. The van der Waals surface area contributed by atoms with E-state index in [0.717, 1.165) is 24.3 Å². The molecule has 0 radical (unpaired) electrons. The van der Waals surface area contributed by atoms with Gasteiger partial charge in [0.15, 0.2) is 0 Å². The molecule has 130 valence electrons. The smallest absolute Gasteiger partial charge is 0.255 e. The maximum atomic E-state index is 12.4. The van der Waals surface area contributed by atoms with E-state index in [9.17, 15) is 4.79 Å². The Bertz CT molecular complexity index is 739. The van der Waals surface area contributed by atoms with Gasteiger partial charge in [-0.25, -0.2) is 0 Å². The highest BCUT2D eigenvalue weighted by Gasteiger charge is 2.21. The van der Waals surface area contributed by atoms with Crippen molar-refractivity contribution in [1.82, 2.24) is 9.88 Å². The van der Waals surface area contributed by atoms with Crippen LogP contribution in [-0.4, -0.2) is 48.7 Å². The molecule has 0 spiro atoms. The van der Waals surface area contributed by atoms with E-state index < -0.39 is 0 Å². The zero-order chi connectivity index (χ0) is 17.1. The highest BCUT2D eigenvalue weighted by Crippen LogP contribution is 2.28. The summed E-state index contributed by atoms with van der Waals surface area (Å²) < 4.78 is 11.1. The zero-order valence-corrected chi connectivity index (χ0v) is 14.2. The molecule has 0 bridgehead atoms. The lowest BCUT2D eigenvalue weighted by molar-refractivity contribution is 0.0302. The summed E-state index contributed by atoms with van der Waals surface area (Å²) in [6, 6.07) is 12.1. The molecule has 0 saturated carbocycles. The average molecular weight is 338 g/mol. The number of para-hydroxylation sites is 1. The third kappa shape index (κ3) is 3.66. The fraction of sp³-hybridized carbons (Fsp3) is 0.400. The second-order valence-corrected chi connectivity index (χ2v) is 6.64. The van der Waals surface area contributed by atoms with Gasteiger partial charge in [-0.2, -0.15) is 0 Å². The number of rotatable bonds is 3. The van der Waals surface area contributed by atoms with E-state index in [2.05, 4.69) is 17.1 Å². The van der Waals surface area contributed by atoms with Crippen LogP contribution in [-0.2, 0) is 17.6 Å². The van der Waals surface area contributed by atoms with Crippen molar-refractivity contribution in [3.05, 3.63) is 59.4 Å². The van der Waals surface area contributed by atoms with Crippen molar-refractivity contribution in [2.24, 2.45) is 5.92 Å². The Hall–Kier alpha value is -2.40. The largest absolute Gasteiger partial charge is 0.493 e. The number of ether oxygens (including phenoxy) is 2. The van der Waals surface area contributed by atoms with Crippen LogP contribution in [0.3, 0.4) is 0 Å². The highest BCUT2D eigenvalue weighted by atomic mass is 16.5. The van der Waals surface area contributed by atoms with E-state index in [1.165, 1.54) is 5.56 Å². The van der Waals surface area contributed by atoms with Crippen LogP contribution in [0.4, 0.5) is 0 Å². The van der Waals surface area contributed by atoms with Crippen molar-refractivity contribution in [2.75, 3.05) is 32.9 Å². The molecule has 4 rings (SSSR count). The third-order valence-corrected chi connectivity index (χ3v) is 4.82. The molecule has 5 nitrogen and oxygen atoms in total. The predicted molar refractivity (Wildman–Crippen MR) is 93.8 cm³/mol. The summed E-state index contributed by atoms with van der Waals surface area (Å²) in [6.07, 6.45) is 3.57. The van der Waals surface area contributed by atoms with Crippen LogP contribution in [0.5, 0.6) is 5.75 Å². The van der Waals surface area contributed by atoms with Gasteiger partial charge in [0.2, 0.25) is 0 Å². The maximum absolute atomic E-state index is 12.4. The van der Waals surface area contributed by atoms with Gasteiger partial charge in [0.25, 0.3) is 5.91 Å². The quantitative estimate of drug-likeness (QED) is 0.862. The standard InChI is InChI=1S/C20H22N2O3/c23-20(22-7-9-24-10-8-22)17-5-6-18(21-13-17)12-15-11-16-3-1-2-4-19(16)25-14-15/h1-6,13,15H,7-12,14H2/t15-/m0/s1. The third-order valence-electron chi connectivity index (χ3n) is 4.82. The lowest BCUT2D eigenvalue weighted by Crippen LogP contribution is -2.40. The molecule has 25 heavy (non-hydrogen) atoms. The first-order chi connectivity index (χ1) is 12.3. The van der Waals surface area contributed by atoms with E-state index in [-0.39, 0.29) is 5.91 Å². The van der Waals surface area contributed by atoms with Crippen molar-refractivity contribution in [1.29, 1.82) is 0 Å². The van der Waals surface area contributed by atoms with Gasteiger partial charge in [-0.3, -0.25) is 9.78 Å². The van der Waals surface area contributed by atoms with Crippen molar-refractivity contribution < 1.29 is 14.3 Å². The fourth-order valence-electron chi connectivity index (χ4n) is 3.44. The summed E-state index contributed by atoms with van der Waals surface area (Å²) in [6.45, 7) is 3.24. The molecular formula is C20H22N2O3. The van der Waals surface area contributed by atoms with Crippen LogP contribution in [0, 0.1) is 5.92 Å². The number of aromatic nitrogens is 1. The van der Waals surface area contributed by atoms with Crippen LogP contribution in [0.25, 0.3) is 0 Å². The van der Waals surface area contributed by atoms with Gasteiger partial charge >= 0.3 is 0 Å². The minimum Gasteiger partial charge on any atom is -0.493 e. The minimum atomic E-state index is 0.0391. The van der Waals surface area contributed by atoms with Crippen LogP contribution in [0.1, 0.15) is 21.6 Å². The zero-order valence-electron chi connectivity index (χ0n) is 14.2. The first-order valence-electron chi connectivity index (χ1n) is 8.82. The van der Waals surface area contributed by atoms with Gasteiger partial charge in [0, 0.05) is 30.9 Å². The van der Waals surface area contributed by atoms with Crippen LogP contribution >= 0.6 is 0 Å². The second-order valence-electron chi connectivity index (χ2n) is 6.64. The first kappa shape index (κ1) is 16.1. The highest BCUT2D eigenvalue weighted by molar-refractivity contribution is 5.94. The van der Waals surface area contributed by atoms with E-state index in [1.807, 2.05) is 29.2 Å². The Kier molecular flexibility index (Phi) is 4.65. The number of nitrogens with zero attached hydrogens (tertiary/aromatic N) is 2. The molecule has 1 aromatic carbocycles. The van der Waals surface area contributed by atoms with E-state index >= 15 is 0 Å². The summed E-state index contributed by atoms with van der Waals surface area (Å²) in [5.41, 5.74) is 2.92. The molecule has 0 aliphatic carbocycles. The predicted octanol–water partition coefficient (Wildman–Crippen LogP) is 2.35. The molecule has 3 heterocycles. The normalized spacial score (nSPS) is 19.8. The topological polar surface area (TPSA) is 51.7 Å². The van der Waals surface area contributed by atoms with Crippen LogP contribution < -0.4 is 4.74 Å². The molecule has 1 saturated heterocycles. The Morgan fingerprint density at radius 2 is 2.00 bits per heavy atom. The van der Waals surface area contributed by atoms with Crippen molar-refractivity contribution in [3.63, 3.8) is 0 Å². The Balaban J connectivity index is 1.38. The van der Waals surface area contributed by atoms with Crippen molar-refractivity contribution >= 4 is 5.91 Å². The summed E-state index contributed by atoms with van der Waals surface area (Å²) >= 11 is 0. The summed E-state index contributed by atoms with van der Waals surface area (Å²) in [5, 5.41) is 0. The fourth-order valence-corrected chi connectivity index (χ4v) is 3.44. The Morgan fingerprint density at radius 1 is 1.16 bits per heavy atom. The maximum Gasteiger partial charge on any atom is 0.255 e. The number of morpholine rings is 1. The molecule has 5 heteroatoms. The van der Waals surface area contributed by atoms with Gasteiger partial charge in [-0.15, -0.1) is 0 Å². The summed E-state index contributed by atoms with van der Waals surface area (Å²) in [7, 11) is 0. The monoisotopic (exact) mass is 338 g/mol. The van der Waals surface area contributed by atoms with E-state index in [0.29, 0.717) is 44.4 Å². The Labute approximate surface area is 147 Å². The SMILES string of the molecule is O=C(c1ccc(C[C@H]2COc3ccccc3C2)nc1)N1CCOCC1. The van der Waals surface area contributed by atoms with Gasteiger partial charge in [-0.1, -0.05) is 18.2 Å². The Morgan fingerprint density at radius 3 is 2.80 bits per heavy atom. The van der Waals surface area contributed by atoms with E-state index in [4.69, 9.17) is 9.47 Å². The van der Waals surface area contributed by atoms with Gasteiger partial charge in [-0.05, 0) is 36.6 Å². The van der Waals surface area contributed by atoms with Gasteiger partial charge < -0.3 is 14.4 Å². The van der Waals surface area contributed by atoms with Crippen molar-refractivity contribution in [3.8, 4) is 5.75 Å². The molecule has 1 atom stereocenters. The molecule has 2 aliphatic heterocycles. The number of carbonyl (C=O) groups is 1. The molecule has 1 fully saturated rings. The number of pyridine rings is 1. The number of carbonyl (C=O) groups excluding carboxylic acids is 1. The molecule has 2 aromatic rings. The lowest BCUT2D eigenvalue weighted by atomic mass is 9.92. The van der Waals surface area contributed by atoms with Gasteiger partial charge in [0.05, 0.1) is 25.4 Å². The van der Waals surface area contributed by atoms with Crippen molar-refractivity contribution in [2.45, 2.75) is 12.8 Å². The summed E-state index contributed by atoms with van der Waals surface area (Å²) in [4.78, 5) is 18.8. The van der Waals surface area contributed by atoms with Crippen LogP contribution in [0.2, 0.25) is 0 Å². The number of amides is 1. The molecule has 2 aliphatic rings. The summed E-state index contributed by atoms with van der Waals surface area (Å²) in [5.74, 6) is 1.46. The molecule has 0 unspecified atom stereocenters. The molecular weight excluding hydrogens is 316 g/mol. The van der Waals surface area contributed by atoms with Crippen LogP contribution in [0.15, 0.2) is 42.6 Å².